The topological polar surface area (TPSA) is 63.8 Å². The van der Waals surface area contributed by atoms with Crippen molar-refractivity contribution in [3.8, 4) is 0 Å². The summed E-state index contributed by atoms with van der Waals surface area (Å²) in [5, 5.41) is 6.87. The zero-order valence-electron chi connectivity index (χ0n) is 7.77. The molecule has 0 aliphatic carbocycles. The highest BCUT2D eigenvalue weighted by atomic mass is 16.5. The molecule has 0 atom stereocenters. The van der Waals surface area contributed by atoms with Gasteiger partial charge in [-0.2, -0.15) is 0 Å². The molecule has 2 rings (SSSR count). The molecule has 0 aliphatic heterocycles. The molecule has 0 saturated carbocycles. The number of nitrogens with one attached hydrogen (secondary N) is 1. The van der Waals surface area contributed by atoms with Crippen LogP contribution in [-0.4, -0.2) is 15.1 Å². The van der Waals surface area contributed by atoms with Crippen molar-refractivity contribution in [2.45, 2.75) is 13.5 Å². The molecule has 0 saturated heterocycles. The lowest BCUT2D eigenvalue weighted by molar-refractivity contribution is 0.391. The lowest BCUT2D eigenvalue weighted by Crippen LogP contribution is -2.02. The molecule has 5 heteroatoms. The van der Waals surface area contributed by atoms with Crippen LogP contribution in [0.5, 0.6) is 0 Å². The Kier molecular flexibility index (Phi) is 2.40. The summed E-state index contributed by atoms with van der Waals surface area (Å²) >= 11 is 0. The van der Waals surface area contributed by atoms with Gasteiger partial charge in [0.1, 0.15) is 11.5 Å². The molecule has 0 bridgehead atoms. The molecule has 0 radical (unpaired) electrons. The van der Waals surface area contributed by atoms with Crippen LogP contribution in [0.25, 0.3) is 0 Å². The largest absolute Gasteiger partial charge is 0.361 e. The number of rotatable bonds is 3. The molecule has 1 N–H and O–H groups in total. The second kappa shape index (κ2) is 3.87. The van der Waals surface area contributed by atoms with Crippen molar-refractivity contribution in [2.75, 3.05) is 5.32 Å². The lowest BCUT2D eigenvalue weighted by atomic mass is 10.4. The third kappa shape index (κ3) is 2.07. The second-order valence-corrected chi connectivity index (χ2v) is 2.85. The normalized spacial score (nSPS) is 10.1. The van der Waals surface area contributed by atoms with E-state index in [9.17, 15) is 0 Å². The third-order valence-corrected chi connectivity index (χ3v) is 1.67. The van der Waals surface area contributed by atoms with Crippen LogP contribution in [0.2, 0.25) is 0 Å². The first-order chi connectivity index (χ1) is 6.84. The predicted octanol–water partition coefficient (Wildman–Crippen LogP) is 1.39. The second-order valence-electron chi connectivity index (χ2n) is 2.85. The summed E-state index contributed by atoms with van der Waals surface area (Å²) < 4.78 is 4.92. The number of hydrogen-bond acceptors (Lipinski definition) is 5. The minimum absolute atomic E-state index is 0.571. The van der Waals surface area contributed by atoms with Gasteiger partial charge in [0.25, 0.3) is 0 Å². The van der Waals surface area contributed by atoms with Crippen LogP contribution in [0.4, 0.5) is 5.95 Å². The molecule has 0 aliphatic rings. The number of hydrogen-bond donors (Lipinski definition) is 1. The van der Waals surface area contributed by atoms with Crippen molar-refractivity contribution >= 4 is 5.95 Å². The Morgan fingerprint density at radius 2 is 2.14 bits per heavy atom. The standard InChI is InChI=1S/C9H10N4O/c1-7-5-8(13-14-7)6-12-9-10-3-2-4-11-9/h2-5H,6H2,1H3,(H,10,11,12). The Morgan fingerprint density at radius 3 is 2.79 bits per heavy atom. The van der Waals surface area contributed by atoms with E-state index in [4.69, 9.17) is 4.52 Å². The molecule has 0 unspecified atom stereocenters. The van der Waals surface area contributed by atoms with E-state index in [1.807, 2.05) is 13.0 Å². The smallest absolute Gasteiger partial charge is 0.222 e. The molecule has 0 amide bonds. The van der Waals surface area contributed by atoms with Gasteiger partial charge in [0.15, 0.2) is 0 Å². The SMILES string of the molecule is Cc1cc(CNc2ncccn2)no1. The predicted molar refractivity (Wildman–Crippen MR) is 50.6 cm³/mol. The van der Waals surface area contributed by atoms with Crippen molar-refractivity contribution in [3.63, 3.8) is 0 Å². The van der Waals surface area contributed by atoms with Gasteiger partial charge in [-0.05, 0) is 13.0 Å². The van der Waals surface area contributed by atoms with Gasteiger partial charge >= 0.3 is 0 Å². The van der Waals surface area contributed by atoms with E-state index < -0.39 is 0 Å². The fraction of sp³-hybridized carbons (Fsp3) is 0.222. The molecule has 0 fully saturated rings. The van der Waals surface area contributed by atoms with Crippen molar-refractivity contribution < 1.29 is 4.52 Å². The minimum atomic E-state index is 0.571. The minimum Gasteiger partial charge on any atom is -0.361 e. The van der Waals surface area contributed by atoms with Crippen molar-refractivity contribution in [3.05, 3.63) is 36.0 Å². The van der Waals surface area contributed by atoms with E-state index >= 15 is 0 Å². The Hall–Kier alpha value is -1.91. The van der Waals surface area contributed by atoms with Crippen LogP contribution < -0.4 is 5.32 Å². The summed E-state index contributed by atoms with van der Waals surface area (Å²) in [5.41, 5.74) is 0.843. The van der Waals surface area contributed by atoms with Gasteiger partial charge < -0.3 is 9.84 Å². The Labute approximate surface area is 81.2 Å². The van der Waals surface area contributed by atoms with Gasteiger partial charge in [-0.3, -0.25) is 0 Å². The maximum absolute atomic E-state index is 4.92. The monoisotopic (exact) mass is 190 g/mol. The Morgan fingerprint density at radius 1 is 1.36 bits per heavy atom. The molecule has 2 aromatic rings. The fourth-order valence-corrected chi connectivity index (χ4v) is 1.06. The van der Waals surface area contributed by atoms with Crippen LogP contribution in [0.1, 0.15) is 11.5 Å². The molecular weight excluding hydrogens is 180 g/mol. The maximum Gasteiger partial charge on any atom is 0.222 e. The molecule has 5 nitrogen and oxygen atoms in total. The van der Waals surface area contributed by atoms with Crippen molar-refractivity contribution in [2.24, 2.45) is 0 Å². The first kappa shape index (κ1) is 8.68. The zero-order valence-corrected chi connectivity index (χ0v) is 7.77. The zero-order chi connectivity index (χ0) is 9.80. The first-order valence-electron chi connectivity index (χ1n) is 4.28. The molecule has 14 heavy (non-hydrogen) atoms. The summed E-state index contributed by atoms with van der Waals surface area (Å²) in [6.07, 6.45) is 3.37. The van der Waals surface area contributed by atoms with E-state index in [-0.39, 0.29) is 0 Å². The average molecular weight is 190 g/mol. The summed E-state index contributed by atoms with van der Waals surface area (Å²) in [6, 6.07) is 3.64. The van der Waals surface area contributed by atoms with Crippen LogP contribution >= 0.6 is 0 Å². The number of aromatic nitrogens is 3. The maximum atomic E-state index is 4.92. The Balaban J connectivity index is 1.95. The highest BCUT2D eigenvalue weighted by molar-refractivity contribution is 5.23. The van der Waals surface area contributed by atoms with E-state index in [0.717, 1.165) is 11.5 Å². The molecule has 0 spiro atoms. The fourth-order valence-electron chi connectivity index (χ4n) is 1.06. The van der Waals surface area contributed by atoms with Crippen LogP contribution in [0, 0.1) is 6.92 Å². The molecular formula is C9H10N4O. The van der Waals surface area contributed by atoms with E-state index in [1.165, 1.54) is 0 Å². The first-order valence-corrected chi connectivity index (χ1v) is 4.28. The van der Waals surface area contributed by atoms with E-state index in [0.29, 0.717) is 12.5 Å². The summed E-state index contributed by atoms with van der Waals surface area (Å²) in [7, 11) is 0. The van der Waals surface area contributed by atoms with Crippen molar-refractivity contribution in [1.29, 1.82) is 0 Å². The van der Waals surface area contributed by atoms with Crippen LogP contribution in [0.15, 0.2) is 29.0 Å². The van der Waals surface area contributed by atoms with Gasteiger partial charge in [-0.25, -0.2) is 9.97 Å². The highest BCUT2D eigenvalue weighted by Gasteiger charge is 2.00. The van der Waals surface area contributed by atoms with Gasteiger partial charge in [-0.15, -0.1) is 0 Å². The number of aryl methyl sites for hydroxylation is 1. The summed E-state index contributed by atoms with van der Waals surface area (Å²) in [5.74, 6) is 1.39. The van der Waals surface area contributed by atoms with Gasteiger partial charge in [-0.1, -0.05) is 5.16 Å². The van der Waals surface area contributed by atoms with E-state index in [1.54, 1.807) is 18.5 Å². The average Bonchev–Trinajstić information content (AvgIpc) is 2.63. The third-order valence-electron chi connectivity index (χ3n) is 1.67. The van der Waals surface area contributed by atoms with E-state index in [2.05, 4.69) is 20.4 Å². The van der Waals surface area contributed by atoms with Crippen LogP contribution in [-0.2, 0) is 6.54 Å². The number of nitrogens with zero attached hydrogens (tertiary/aromatic N) is 3. The summed E-state index contributed by atoms with van der Waals surface area (Å²) in [6.45, 7) is 2.43. The molecule has 2 heterocycles. The van der Waals surface area contributed by atoms with Gasteiger partial charge in [0, 0.05) is 18.5 Å². The number of anilines is 1. The highest BCUT2D eigenvalue weighted by Crippen LogP contribution is 2.03. The molecule has 72 valence electrons. The van der Waals surface area contributed by atoms with Crippen molar-refractivity contribution in [1.82, 2.24) is 15.1 Å². The Bertz CT molecular complexity index is 398. The van der Waals surface area contributed by atoms with Crippen LogP contribution in [0.3, 0.4) is 0 Å². The quantitative estimate of drug-likeness (QED) is 0.792. The van der Waals surface area contributed by atoms with Gasteiger partial charge in [0.2, 0.25) is 5.95 Å². The molecule has 0 aromatic carbocycles. The van der Waals surface area contributed by atoms with Gasteiger partial charge in [0.05, 0.1) is 6.54 Å². The summed E-state index contributed by atoms with van der Waals surface area (Å²) in [4.78, 5) is 8.04. The lowest BCUT2D eigenvalue weighted by Gasteiger charge is -1.99. The molecule has 2 aromatic heterocycles.